The van der Waals surface area contributed by atoms with Crippen LogP contribution >= 0.6 is 15.9 Å². The number of hydrogen-bond donors (Lipinski definition) is 1. The first-order valence-corrected chi connectivity index (χ1v) is 6.62. The molecular weight excluding hydrogens is 264 g/mol. The molecule has 0 aliphatic heterocycles. The smallest absolute Gasteiger partial charge is 0.0371 e. The van der Waals surface area contributed by atoms with Crippen molar-refractivity contribution in [3.8, 4) is 0 Å². The minimum atomic E-state index is 0.548. The highest BCUT2D eigenvalue weighted by molar-refractivity contribution is 9.10. The van der Waals surface area contributed by atoms with E-state index in [-0.39, 0.29) is 0 Å². The zero-order valence-electron chi connectivity index (χ0n) is 10.3. The van der Waals surface area contributed by atoms with Crippen molar-refractivity contribution in [3.05, 3.63) is 28.2 Å². The van der Waals surface area contributed by atoms with E-state index in [2.05, 4.69) is 47.7 Å². The van der Waals surface area contributed by atoms with Gasteiger partial charge in [-0.15, -0.1) is 0 Å². The van der Waals surface area contributed by atoms with Crippen LogP contribution in [0.2, 0.25) is 0 Å². The number of anilines is 1. The van der Waals surface area contributed by atoms with E-state index in [1.807, 2.05) is 12.1 Å². The van der Waals surface area contributed by atoms with Gasteiger partial charge in [0.2, 0.25) is 0 Å². The van der Waals surface area contributed by atoms with Crippen molar-refractivity contribution in [2.75, 3.05) is 12.3 Å². The highest BCUT2D eigenvalue weighted by atomic mass is 79.9. The predicted octanol–water partition coefficient (Wildman–Crippen LogP) is 3.65. The second-order valence-corrected chi connectivity index (χ2v) is 5.23. The lowest BCUT2D eigenvalue weighted by Crippen LogP contribution is -2.31. The van der Waals surface area contributed by atoms with E-state index in [0.29, 0.717) is 6.04 Å². The summed E-state index contributed by atoms with van der Waals surface area (Å²) < 4.78 is 1.11. The summed E-state index contributed by atoms with van der Waals surface area (Å²) in [7, 11) is 0. The first-order valence-electron chi connectivity index (χ1n) is 5.83. The minimum Gasteiger partial charge on any atom is -0.398 e. The molecule has 0 radical (unpaired) electrons. The standard InChI is InChI=1S/C13H21BrN2/c1-4-8-16(10(2)3)9-11-12(14)6-5-7-13(11)15/h5-7,10H,4,8-9,15H2,1-3H3. The van der Waals surface area contributed by atoms with Crippen LogP contribution in [-0.2, 0) is 6.54 Å². The van der Waals surface area contributed by atoms with Crippen LogP contribution in [0.3, 0.4) is 0 Å². The lowest BCUT2D eigenvalue weighted by molar-refractivity contribution is 0.213. The maximum atomic E-state index is 6.01. The fraction of sp³-hybridized carbons (Fsp3) is 0.538. The highest BCUT2D eigenvalue weighted by Crippen LogP contribution is 2.24. The lowest BCUT2D eigenvalue weighted by atomic mass is 10.1. The Morgan fingerprint density at radius 3 is 2.56 bits per heavy atom. The van der Waals surface area contributed by atoms with Gasteiger partial charge in [0.15, 0.2) is 0 Å². The van der Waals surface area contributed by atoms with Gasteiger partial charge < -0.3 is 5.73 Å². The van der Waals surface area contributed by atoms with Gasteiger partial charge in [-0.1, -0.05) is 28.9 Å². The molecule has 0 heterocycles. The fourth-order valence-electron chi connectivity index (χ4n) is 1.75. The molecule has 0 unspecified atom stereocenters. The minimum absolute atomic E-state index is 0.548. The third-order valence-corrected chi connectivity index (χ3v) is 3.50. The van der Waals surface area contributed by atoms with Crippen molar-refractivity contribution in [2.24, 2.45) is 0 Å². The summed E-state index contributed by atoms with van der Waals surface area (Å²) >= 11 is 3.57. The van der Waals surface area contributed by atoms with Crippen LogP contribution in [-0.4, -0.2) is 17.5 Å². The zero-order valence-corrected chi connectivity index (χ0v) is 11.9. The number of nitrogens with zero attached hydrogens (tertiary/aromatic N) is 1. The molecule has 2 N–H and O–H groups in total. The summed E-state index contributed by atoms with van der Waals surface area (Å²) in [6.07, 6.45) is 1.17. The molecule has 1 aromatic rings. The SMILES string of the molecule is CCCN(Cc1c(N)cccc1Br)C(C)C. The Bertz CT molecular complexity index is 316. The van der Waals surface area contributed by atoms with E-state index in [0.717, 1.165) is 23.2 Å². The maximum Gasteiger partial charge on any atom is 0.0371 e. The molecule has 1 aromatic carbocycles. The number of halogens is 1. The van der Waals surface area contributed by atoms with Crippen molar-refractivity contribution in [1.29, 1.82) is 0 Å². The zero-order chi connectivity index (χ0) is 12.1. The van der Waals surface area contributed by atoms with Crippen LogP contribution in [0.25, 0.3) is 0 Å². The molecule has 0 saturated carbocycles. The first-order chi connectivity index (χ1) is 7.56. The van der Waals surface area contributed by atoms with Crippen LogP contribution in [0.1, 0.15) is 32.8 Å². The third-order valence-electron chi connectivity index (χ3n) is 2.76. The first kappa shape index (κ1) is 13.5. The summed E-state index contributed by atoms with van der Waals surface area (Å²) in [4.78, 5) is 2.44. The van der Waals surface area contributed by atoms with Crippen LogP contribution in [0.5, 0.6) is 0 Å². The van der Waals surface area contributed by atoms with E-state index in [9.17, 15) is 0 Å². The van der Waals surface area contributed by atoms with Crippen molar-refractivity contribution in [3.63, 3.8) is 0 Å². The molecule has 16 heavy (non-hydrogen) atoms. The summed E-state index contributed by atoms with van der Waals surface area (Å²) in [5, 5.41) is 0. The Morgan fingerprint density at radius 1 is 1.38 bits per heavy atom. The summed E-state index contributed by atoms with van der Waals surface area (Å²) in [5.74, 6) is 0. The second kappa shape index (κ2) is 6.26. The molecule has 0 aromatic heterocycles. The molecule has 0 bridgehead atoms. The molecule has 0 atom stereocenters. The molecular formula is C13H21BrN2. The molecule has 0 amide bonds. The van der Waals surface area contributed by atoms with E-state index >= 15 is 0 Å². The van der Waals surface area contributed by atoms with Gasteiger partial charge in [0.05, 0.1) is 0 Å². The van der Waals surface area contributed by atoms with Gasteiger partial charge in [0.25, 0.3) is 0 Å². The van der Waals surface area contributed by atoms with Gasteiger partial charge in [-0.3, -0.25) is 4.90 Å². The fourth-order valence-corrected chi connectivity index (χ4v) is 2.26. The van der Waals surface area contributed by atoms with E-state index in [4.69, 9.17) is 5.73 Å². The number of nitrogen functional groups attached to an aromatic ring is 1. The Balaban J connectivity index is 2.84. The van der Waals surface area contributed by atoms with Crippen molar-refractivity contribution in [2.45, 2.75) is 39.8 Å². The topological polar surface area (TPSA) is 29.3 Å². The van der Waals surface area contributed by atoms with Crippen molar-refractivity contribution in [1.82, 2.24) is 4.90 Å². The Labute approximate surface area is 107 Å². The predicted molar refractivity (Wildman–Crippen MR) is 74.4 cm³/mol. The van der Waals surface area contributed by atoms with Gasteiger partial charge in [-0.2, -0.15) is 0 Å². The van der Waals surface area contributed by atoms with Crippen LogP contribution in [0, 0.1) is 0 Å². The number of benzene rings is 1. The molecule has 3 heteroatoms. The third kappa shape index (κ3) is 3.49. The number of nitrogens with two attached hydrogens (primary N) is 1. The van der Waals surface area contributed by atoms with Gasteiger partial charge >= 0.3 is 0 Å². The molecule has 2 nitrogen and oxygen atoms in total. The Hall–Kier alpha value is -0.540. The average Bonchev–Trinajstić information content (AvgIpc) is 2.21. The molecule has 1 rings (SSSR count). The van der Waals surface area contributed by atoms with Gasteiger partial charge in [-0.05, 0) is 38.9 Å². The van der Waals surface area contributed by atoms with Crippen molar-refractivity contribution < 1.29 is 0 Å². The van der Waals surface area contributed by atoms with Gasteiger partial charge in [0, 0.05) is 28.3 Å². The van der Waals surface area contributed by atoms with Gasteiger partial charge in [-0.25, -0.2) is 0 Å². The van der Waals surface area contributed by atoms with E-state index in [1.54, 1.807) is 0 Å². The van der Waals surface area contributed by atoms with Crippen LogP contribution < -0.4 is 5.73 Å². The van der Waals surface area contributed by atoms with E-state index in [1.165, 1.54) is 12.0 Å². The second-order valence-electron chi connectivity index (χ2n) is 4.37. The van der Waals surface area contributed by atoms with Crippen LogP contribution in [0.4, 0.5) is 5.69 Å². The summed E-state index contributed by atoms with van der Waals surface area (Å²) in [6.45, 7) is 8.68. The van der Waals surface area contributed by atoms with Crippen LogP contribution in [0.15, 0.2) is 22.7 Å². The molecule has 90 valence electrons. The molecule has 0 saturated heterocycles. The summed E-state index contributed by atoms with van der Waals surface area (Å²) in [6, 6.07) is 6.54. The van der Waals surface area contributed by atoms with E-state index < -0.39 is 0 Å². The molecule has 0 aliphatic carbocycles. The number of hydrogen-bond acceptors (Lipinski definition) is 2. The maximum absolute atomic E-state index is 6.01. The molecule has 0 fully saturated rings. The monoisotopic (exact) mass is 284 g/mol. The highest BCUT2D eigenvalue weighted by Gasteiger charge is 2.12. The Morgan fingerprint density at radius 2 is 2.06 bits per heavy atom. The van der Waals surface area contributed by atoms with Gasteiger partial charge in [0.1, 0.15) is 0 Å². The summed E-state index contributed by atoms with van der Waals surface area (Å²) in [5.41, 5.74) is 8.08. The largest absolute Gasteiger partial charge is 0.398 e. The number of rotatable bonds is 5. The average molecular weight is 285 g/mol. The molecule has 0 spiro atoms. The molecule has 0 aliphatic rings. The Kier molecular flexibility index (Phi) is 5.29. The quantitative estimate of drug-likeness (QED) is 0.837. The normalized spacial score (nSPS) is 11.4. The van der Waals surface area contributed by atoms with Crippen molar-refractivity contribution >= 4 is 21.6 Å². The lowest BCUT2D eigenvalue weighted by Gasteiger charge is -2.27.